The van der Waals surface area contributed by atoms with E-state index in [9.17, 15) is 4.79 Å². The zero-order valence-corrected chi connectivity index (χ0v) is 10.0. The van der Waals surface area contributed by atoms with E-state index in [1.54, 1.807) is 6.92 Å². The summed E-state index contributed by atoms with van der Waals surface area (Å²) < 4.78 is 0. The van der Waals surface area contributed by atoms with Crippen molar-refractivity contribution >= 4 is 34.0 Å². The quantitative estimate of drug-likeness (QED) is 0.827. The van der Waals surface area contributed by atoms with Gasteiger partial charge in [0.05, 0.1) is 23.3 Å². The number of thiazole rings is 1. The first-order chi connectivity index (χ1) is 7.70. The summed E-state index contributed by atoms with van der Waals surface area (Å²) in [4.78, 5) is 15.9. The van der Waals surface area contributed by atoms with Crippen LogP contribution in [0.15, 0.2) is 11.6 Å². The standard InChI is InChI=1S/C9H9ClN4OS/c1-5-7(3-11-14-5)8(15)13-9-12-6(2-10)4-16-9/h3-4H,2H2,1H3,(H,11,14)(H,12,13,15). The number of H-pyrrole nitrogens is 1. The molecule has 0 bridgehead atoms. The maximum absolute atomic E-state index is 11.8. The molecule has 16 heavy (non-hydrogen) atoms. The van der Waals surface area contributed by atoms with Crippen LogP contribution in [-0.2, 0) is 5.88 Å². The molecule has 0 atom stereocenters. The van der Waals surface area contributed by atoms with Gasteiger partial charge in [0.1, 0.15) is 0 Å². The molecule has 2 heterocycles. The summed E-state index contributed by atoms with van der Waals surface area (Å²) in [5, 5.41) is 11.5. The number of carbonyl (C=O) groups is 1. The van der Waals surface area contributed by atoms with Crippen molar-refractivity contribution in [2.24, 2.45) is 0 Å². The Morgan fingerprint density at radius 3 is 3.06 bits per heavy atom. The van der Waals surface area contributed by atoms with Crippen LogP contribution in [0, 0.1) is 6.92 Å². The highest BCUT2D eigenvalue weighted by molar-refractivity contribution is 7.14. The molecule has 0 fully saturated rings. The number of aromatic amines is 1. The van der Waals surface area contributed by atoms with Gasteiger partial charge in [-0.15, -0.1) is 22.9 Å². The molecule has 0 saturated heterocycles. The number of alkyl halides is 1. The van der Waals surface area contributed by atoms with E-state index in [-0.39, 0.29) is 5.91 Å². The molecule has 0 unspecified atom stereocenters. The third-order valence-corrected chi connectivity index (χ3v) is 3.06. The molecule has 0 radical (unpaired) electrons. The zero-order chi connectivity index (χ0) is 11.5. The zero-order valence-electron chi connectivity index (χ0n) is 8.45. The van der Waals surface area contributed by atoms with Gasteiger partial charge in [0.2, 0.25) is 0 Å². The lowest BCUT2D eigenvalue weighted by atomic mass is 10.2. The Bertz CT molecular complexity index is 507. The summed E-state index contributed by atoms with van der Waals surface area (Å²) in [6, 6.07) is 0. The fraction of sp³-hybridized carbons (Fsp3) is 0.222. The van der Waals surface area contributed by atoms with E-state index in [0.717, 1.165) is 11.4 Å². The molecule has 0 aromatic carbocycles. The van der Waals surface area contributed by atoms with Crippen LogP contribution in [0.2, 0.25) is 0 Å². The molecule has 0 saturated carbocycles. The van der Waals surface area contributed by atoms with Crippen molar-refractivity contribution in [2.75, 3.05) is 5.32 Å². The number of nitrogens with one attached hydrogen (secondary N) is 2. The summed E-state index contributed by atoms with van der Waals surface area (Å²) in [6.45, 7) is 1.79. The molecule has 84 valence electrons. The van der Waals surface area contributed by atoms with Crippen LogP contribution in [0.1, 0.15) is 21.7 Å². The molecular formula is C9H9ClN4OS. The molecule has 2 aromatic rings. The van der Waals surface area contributed by atoms with Crippen LogP contribution in [0.5, 0.6) is 0 Å². The number of hydrogen-bond acceptors (Lipinski definition) is 4. The van der Waals surface area contributed by atoms with E-state index < -0.39 is 0 Å². The van der Waals surface area contributed by atoms with E-state index >= 15 is 0 Å². The summed E-state index contributed by atoms with van der Waals surface area (Å²) in [7, 11) is 0. The monoisotopic (exact) mass is 256 g/mol. The number of amides is 1. The number of anilines is 1. The fourth-order valence-electron chi connectivity index (χ4n) is 1.17. The number of aromatic nitrogens is 3. The Labute approximate surface area is 101 Å². The molecule has 1 amide bonds. The number of carbonyl (C=O) groups excluding carboxylic acids is 1. The number of rotatable bonds is 3. The fourth-order valence-corrected chi connectivity index (χ4v) is 2.10. The minimum Gasteiger partial charge on any atom is -0.298 e. The summed E-state index contributed by atoms with van der Waals surface area (Å²) >= 11 is 6.97. The predicted octanol–water partition coefficient (Wildman–Crippen LogP) is 2.17. The van der Waals surface area contributed by atoms with Crippen LogP contribution in [0.4, 0.5) is 5.13 Å². The van der Waals surface area contributed by atoms with Crippen molar-refractivity contribution in [2.45, 2.75) is 12.8 Å². The SMILES string of the molecule is Cc1[nH]ncc1C(=O)Nc1nc(CCl)cs1. The molecule has 0 aliphatic carbocycles. The third-order valence-electron chi connectivity index (χ3n) is 1.98. The summed E-state index contributed by atoms with van der Waals surface area (Å²) in [5.41, 5.74) is 2.00. The lowest BCUT2D eigenvalue weighted by molar-refractivity contribution is 0.102. The number of hydrogen-bond donors (Lipinski definition) is 2. The van der Waals surface area contributed by atoms with E-state index in [2.05, 4.69) is 20.5 Å². The van der Waals surface area contributed by atoms with Crippen molar-refractivity contribution in [3.63, 3.8) is 0 Å². The minimum absolute atomic E-state index is 0.221. The molecule has 0 aliphatic heterocycles. The molecule has 5 nitrogen and oxygen atoms in total. The molecule has 2 N–H and O–H groups in total. The van der Waals surface area contributed by atoms with E-state index in [0.29, 0.717) is 16.6 Å². The second-order valence-corrected chi connectivity index (χ2v) is 4.27. The number of nitrogens with zero attached hydrogens (tertiary/aromatic N) is 2. The largest absolute Gasteiger partial charge is 0.298 e. The second-order valence-electron chi connectivity index (χ2n) is 3.14. The van der Waals surface area contributed by atoms with Gasteiger partial charge in [-0.2, -0.15) is 5.10 Å². The van der Waals surface area contributed by atoms with Crippen LogP contribution in [0.25, 0.3) is 0 Å². The lowest BCUT2D eigenvalue weighted by Crippen LogP contribution is -2.12. The van der Waals surface area contributed by atoms with E-state index in [1.807, 2.05) is 5.38 Å². The maximum Gasteiger partial charge on any atom is 0.260 e. The highest BCUT2D eigenvalue weighted by Gasteiger charge is 2.12. The first-order valence-corrected chi connectivity index (χ1v) is 5.94. The summed E-state index contributed by atoms with van der Waals surface area (Å²) in [6.07, 6.45) is 1.49. The molecular weight excluding hydrogens is 248 g/mol. The van der Waals surface area contributed by atoms with Gasteiger partial charge < -0.3 is 0 Å². The van der Waals surface area contributed by atoms with Crippen molar-refractivity contribution in [1.82, 2.24) is 15.2 Å². The Morgan fingerprint density at radius 2 is 2.50 bits per heavy atom. The van der Waals surface area contributed by atoms with Gasteiger partial charge in [0, 0.05) is 11.1 Å². The molecule has 0 aliphatic rings. The van der Waals surface area contributed by atoms with Crippen molar-refractivity contribution < 1.29 is 4.79 Å². The average Bonchev–Trinajstić information content (AvgIpc) is 2.86. The highest BCUT2D eigenvalue weighted by atomic mass is 35.5. The Morgan fingerprint density at radius 1 is 1.69 bits per heavy atom. The Balaban J connectivity index is 2.11. The van der Waals surface area contributed by atoms with Gasteiger partial charge in [-0.05, 0) is 6.92 Å². The summed E-state index contributed by atoms with van der Waals surface area (Å²) in [5.74, 6) is 0.124. The van der Waals surface area contributed by atoms with Gasteiger partial charge in [0.25, 0.3) is 5.91 Å². The molecule has 0 spiro atoms. The molecule has 2 aromatic heterocycles. The van der Waals surface area contributed by atoms with Crippen LogP contribution in [-0.4, -0.2) is 21.1 Å². The third kappa shape index (κ3) is 2.23. The second kappa shape index (κ2) is 4.63. The Hall–Kier alpha value is -1.40. The smallest absolute Gasteiger partial charge is 0.260 e. The topological polar surface area (TPSA) is 70.7 Å². The first kappa shape index (κ1) is 11.1. The van der Waals surface area contributed by atoms with Gasteiger partial charge >= 0.3 is 0 Å². The van der Waals surface area contributed by atoms with E-state index in [1.165, 1.54) is 17.5 Å². The predicted molar refractivity (Wildman–Crippen MR) is 62.9 cm³/mol. The average molecular weight is 257 g/mol. The van der Waals surface area contributed by atoms with E-state index in [4.69, 9.17) is 11.6 Å². The van der Waals surface area contributed by atoms with Crippen LogP contribution < -0.4 is 5.32 Å². The highest BCUT2D eigenvalue weighted by Crippen LogP contribution is 2.17. The molecule has 2 rings (SSSR count). The van der Waals surface area contributed by atoms with Crippen molar-refractivity contribution in [3.8, 4) is 0 Å². The normalized spacial score (nSPS) is 10.4. The van der Waals surface area contributed by atoms with Crippen LogP contribution >= 0.6 is 22.9 Å². The van der Waals surface area contributed by atoms with Crippen LogP contribution in [0.3, 0.4) is 0 Å². The van der Waals surface area contributed by atoms with Crippen molar-refractivity contribution in [1.29, 1.82) is 0 Å². The molecule has 7 heteroatoms. The lowest BCUT2D eigenvalue weighted by Gasteiger charge is -1.99. The Kier molecular flexibility index (Phi) is 3.21. The number of aryl methyl sites for hydroxylation is 1. The van der Waals surface area contributed by atoms with Gasteiger partial charge in [-0.25, -0.2) is 4.98 Å². The van der Waals surface area contributed by atoms with Gasteiger partial charge in [-0.3, -0.25) is 15.2 Å². The first-order valence-electron chi connectivity index (χ1n) is 4.52. The maximum atomic E-state index is 11.8. The van der Waals surface area contributed by atoms with Crippen molar-refractivity contribution in [3.05, 3.63) is 28.5 Å². The minimum atomic E-state index is -0.221. The van der Waals surface area contributed by atoms with Gasteiger partial charge in [0.15, 0.2) is 5.13 Å². The number of halogens is 1. The van der Waals surface area contributed by atoms with Gasteiger partial charge in [-0.1, -0.05) is 0 Å².